The number of imidazole rings is 1. The standard InChI is InChI=1S/C10H17ClN4O2S/c1-14(8-3-4-8)6-5-13-18(16,17)10-9(11)15(2)7-12-10/h7-8,13H,3-6H2,1-2H3. The Morgan fingerprint density at radius 3 is 2.78 bits per heavy atom. The lowest BCUT2D eigenvalue weighted by Gasteiger charge is -2.15. The number of nitrogens with zero attached hydrogens (tertiary/aromatic N) is 3. The van der Waals surface area contributed by atoms with Gasteiger partial charge in [0.1, 0.15) is 5.15 Å². The molecule has 1 aromatic heterocycles. The number of hydrogen-bond acceptors (Lipinski definition) is 4. The summed E-state index contributed by atoms with van der Waals surface area (Å²) in [4.78, 5) is 5.95. The summed E-state index contributed by atoms with van der Waals surface area (Å²) in [6.45, 7) is 1.05. The Balaban J connectivity index is 1.93. The van der Waals surface area contributed by atoms with E-state index < -0.39 is 10.0 Å². The molecular formula is C10H17ClN4O2S. The normalized spacial score (nSPS) is 16.4. The van der Waals surface area contributed by atoms with Crippen LogP contribution in [0.2, 0.25) is 5.15 Å². The van der Waals surface area contributed by atoms with Crippen LogP contribution in [0.1, 0.15) is 12.8 Å². The van der Waals surface area contributed by atoms with E-state index >= 15 is 0 Å². The maximum atomic E-state index is 11.9. The molecule has 0 spiro atoms. The zero-order chi connectivity index (χ0) is 13.3. The molecule has 6 nitrogen and oxygen atoms in total. The summed E-state index contributed by atoms with van der Waals surface area (Å²) in [6, 6.07) is 0.618. The molecule has 0 atom stereocenters. The van der Waals surface area contributed by atoms with Gasteiger partial charge < -0.3 is 9.47 Å². The molecule has 1 aliphatic carbocycles. The fourth-order valence-electron chi connectivity index (χ4n) is 1.70. The van der Waals surface area contributed by atoms with Crippen molar-refractivity contribution < 1.29 is 8.42 Å². The van der Waals surface area contributed by atoms with E-state index in [0.29, 0.717) is 19.1 Å². The van der Waals surface area contributed by atoms with E-state index in [4.69, 9.17) is 11.6 Å². The minimum absolute atomic E-state index is 0.110. The predicted molar refractivity (Wildman–Crippen MR) is 69.1 cm³/mol. The van der Waals surface area contributed by atoms with E-state index in [1.807, 2.05) is 7.05 Å². The Labute approximate surface area is 112 Å². The Kier molecular flexibility index (Phi) is 3.96. The van der Waals surface area contributed by atoms with Crippen molar-refractivity contribution in [1.82, 2.24) is 19.2 Å². The summed E-state index contributed by atoms with van der Waals surface area (Å²) in [6.07, 6.45) is 3.79. The van der Waals surface area contributed by atoms with Gasteiger partial charge in [-0.25, -0.2) is 18.1 Å². The van der Waals surface area contributed by atoms with Gasteiger partial charge in [-0.1, -0.05) is 11.6 Å². The monoisotopic (exact) mass is 292 g/mol. The number of nitrogens with one attached hydrogen (secondary N) is 1. The van der Waals surface area contributed by atoms with Crippen LogP contribution < -0.4 is 4.72 Å². The number of rotatable bonds is 6. The molecule has 1 saturated carbocycles. The van der Waals surface area contributed by atoms with Crippen molar-refractivity contribution >= 4 is 21.6 Å². The Bertz CT molecular complexity index is 524. The van der Waals surface area contributed by atoms with E-state index in [2.05, 4.69) is 14.6 Å². The van der Waals surface area contributed by atoms with E-state index in [0.717, 1.165) is 0 Å². The predicted octanol–water partition coefficient (Wildman–Crippen LogP) is 0.446. The first-order valence-corrected chi connectivity index (χ1v) is 7.64. The SMILES string of the molecule is CN(CCNS(=O)(=O)c1ncn(C)c1Cl)C1CC1. The number of halogens is 1. The maximum Gasteiger partial charge on any atom is 0.261 e. The molecule has 0 aromatic carbocycles. The van der Waals surface area contributed by atoms with Crippen LogP contribution in [-0.4, -0.2) is 49.0 Å². The minimum Gasteiger partial charge on any atom is -0.324 e. The molecule has 18 heavy (non-hydrogen) atoms. The van der Waals surface area contributed by atoms with Gasteiger partial charge in [0.25, 0.3) is 10.0 Å². The average molecular weight is 293 g/mol. The number of aryl methyl sites for hydroxylation is 1. The first-order chi connectivity index (χ1) is 8.42. The van der Waals surface area contributed by atoms with E-state index in [1.165, 1.54) is 23.7 Å². The molecule has 1 aromatic rings. The van der Waals surface area contributed by atoms with Gasteiger partial charge in [0.15, 0.2) is 0 Å². The van der Waals surface area contributed by atoms with Crippen molar-refractivity contribution in [2.24, 2.45) is 7.05 Å². The van der Waals surface area contributed by atoms with Crippen LogP contribution in [0.15, 0.2) is 11.4 Å². The van der Waals surface area contributed by atoms with Crippen molar-refractivity contribution in [2.45, 2.75) is 23.9 Å². The fourth-order valence-corrected chi connectivity index (χ4v) is 3.14. The molecule has 0 aliphatic heterocycles. The lowest BCUT2D eigenvalue weighted by molar-refractivity contribution is 0.329. The topological polar surface area (TPSA) is 67.2 Å². The highest BCUT2D eigenvalue weighted by Crippen LogP contribution is 2.24. The zero-order valence-electron chi connectivity index (χ0n) is 10.4. The van der Waals surface area contributed by atoms with E-state index in [9.17, 15) is 8.42 Å². The average Bonchev–Trinajstić information content (AvgIpc) is 3.07. The van der Waals surface area contributed by atoms with Gasteiger partial charge in [0.05, 0.1) is 6.33 Å². The molecule has 1 fully saturated rings. The summed E-state index contributed by atoms with van der Waals surface area (Å²) in [5.41, 5.74) is 0. The largest absolute Gasteiger partial charge is 0.324 e. The molecule has 0 amide bonds. The Morgan fingerprint density at radius 2 is 2.28 bits per heavy atom. The summed E-state index contributed by atoms with van der Waals surface area (Å²) < 4.78 is 27.9. The lowest BCUT2D eigenvalue weighted by atomic mass is 10.5. The third kappa shape index (κ3) is 3.03. The molecule has 1 N–H and O–H groups in total. The first kappa shape index (κ1) is 13.8. The van der Waals surface area contributed by atoms with Gasteiger partial charge in [-0.05, 0) is 19.9 Å². The third-order valence-electron chi connectivity index (χ3n) is 3.02. The van der Waals surface area contributed by atoms with Crippen molar-refractivity contribution in [1.29, 1.82) is 0 Å². The second-order valence-corrected chi connectivity index (χ2v) is 6.60. The number of likely N-dealkylation sites (N-methyl/N-ethyl adjacent to an activating group) is 1. The van der Waals surface area contributed by atoms with Crippen molar-refractivity contribution in [3.05, 3.63) is 11.5 Å². The summed E-state index contributed by atoms with van der Waals surface area (Å²) in [5.74, 6) is 0. The van der Waals surface area contributed by atoms with Gasteiger partial charge in [-0.2, -0.15) is 0 Å². The maximum absolute atomic E-state index is 11.9. The van der Waals surface area contributed by atoms with Crippen LogP contribution in [-0.2, 0) is 17.1 Å². The second kappa shape index (κ2) is 5.16. The fraction of sp³-hybridized carbons (Fsp3) is 0.700. The van der Waals surface area contributed by atoms with Crippen LogP contribution in [0, 0.1) is 0 Å². The first-order valence-electron chi connectivity index (χ1n) is 5.78. The van der Waals surface area contributed by atoms with Gasteiger partial charge in [-0.3, -0.25) is 0 Å². The van der Waals surface area contributed by atoms with Crippen LogP contribution in [0.4, 0.5) is 0 Å². The molecular weight excluding hydrogens is 276 g/mol. The highest BCUT2D eigenvalue weighted by Gasteiger charge is 2.26. The Morgan fingerprint density at radius 1 is 1.61 bits per heavy atom. The van der Waals surface area contributed by atoms with Gasteiger partial charge in [-0.15, -0.1) is 0 Å². The zero-order valence-corrected chi connectivity index (χ0v) is 12.0. The molecule has 0 unspecified atom stereocenters. The molecule has 1 heterocycles. The smallest absolute Gasteiger partial charge is 0.261 e. The van der Waals surface area contributed by atoms with Crippen LogP contribution in [0.25, 0.3) is 0 Å². The van der Waals surface area contributed by atoms with Crippen LogP contribution >= 0.6 is 11.6 Å². The van der Waals surface area contributed by atoms with Gasteiger partial charge in [0.2, 0.25) is 5.03 Å². The summed E-state index contributed by atoms with van der Waals surface area (Å²) >= 11 is 5.87. The van der Waals surface area contributed by atoms with Crippen LogP contribution in [0.5, 0.6) is 0 Å². The molecule has 0 bridgehead atoms. The highest BCUT2D eigenvalue weighted by molar-refractivity contribution is 7.89. The van der Waals surface area contributed by atoms with Crippen molar-refractivity contribution in [2.75, 3.05) is 20.1 Å². The second-order valence-electron chi connectivity index (χ2n) is 4.56. The number of hydrogen-bond donors (Lipinski definition) is 1. The molecule has 0 saturated heterocycles. The highest BCUT2D eigenvalue weighted by atomic mass is 35.5. The molecule has 102 valence electrons. The van der Waals surface area contributed by atoms with Crippen molar-refractivity contribution in [3.8, 4) is 0 Å². The van der Waals surface area contributed by atoms with Crippen LogP contribution in [0.3, 0.4) is 0 Å². The van der Waals surface area contributed by atoms with Gasteiger partial charge >= 0.3 is 0 Å². The van der Waals surface area contributed by atoms with Gasteiger partial charge in [0, 0.05) is 26.2 Å². The van der Waals surface area contributed by atoms with E-state index in [1.54, 1.807) is 7.05 Å². The van der Waals surface area contributed by atoms with Crippen molar-refractivity contribution in [3.63, 3.8) is 0 Å². The third-order valence-corrected chi connectivity index (χ3v) is 4.97. The Hall–Kier alpha value is -0.630. The molecule has 8 heteroatoms. The molecule has 2 rings (SSSR count). The van der Waals surface area contributed by atoms with E-state index in [-0.39, 0.29) is 10.2 Å². The lowest BCUT2D eigenvalue weighted by Crippen LogP contribution is -2.34. The quantitative estimate of drug-likeness (QED) is 0.826. The summed E-state index contributed by atoms with van der Waals surface area (Å²) in [7, 11) is 0.0361. The number of aromatic nitrogens is 2. The molecule has 1 aliphatic rings. The minimum atomic E-state index is -3.61. The molecule has 0 radical (unpaired) electrons. The number of sulfonamides is 1. The summed E-state index contributed by atoms with van der Waals surface area (Å²) in [5, 5.41) is 0.0128.